The molecule has 0 saturated heterocycles. The molecular formula is C11H13N3O2. The number of imidazole rings is 1. The minimum Gasteiger partial charge on any atom is -0.480 e. The van der Waals surface area contributed by atoms with E-state index in [9.17, 15) is 4.79 Å². The molecule has 5 heteroatoms. The van der Waals surface area contributed by atoms with E-state index in [0.717, 1.165) is 16.9 Å². The van der Waals surface area contributed by atoms with E-state index in [1.54, 1.807) is 0 Å². The first-order valence-corrected chi connectivity index (χ1v) is 4.94. The highest BCUT2D eigenvalue weighted by Gasteiger charge is 2.21. The van der Waals surface area contributed by atoms with Crippen molar-refractivity contribution in [1.82, 2.24) is 9.38 Å². The highest BCUT2D eigenvalue weighted by Crippen LogP contribution is 2.18. The number of nitrogens with two attached hydrogens (primary N) is 1. The van der Waals surface area contributed by atoms with Crippen molar-refractivity contribution >= 4 is 11.6 Å². The number of pyridine rings is 1. The topological polar surface area (TPSA) is 80.6 Å². The van der Waals surface area contributed by atoms with Crippen LogP contribution in [-0.4, -0.2) is 20.5 Å². The van der Waals surface area contributed by atoms with E-state index in [-0.39, 0.29) is 0 Å². The number of carboxylic acid groups (broad SMARTS) is 1. The van der Waals surface area contributed by atoms with Gasteiger partial charge in [-0.1, -0.05) is 0 Å². The van der Waals surface area contributed by atoms with Crippen LogP contribution in [0.15, 0.2) is 18.3 Å². The summed E-state index contributed by atoms with van der Waals surface area (Å²) in [6.45, 7) is 3.77. The smallest absolute Gasteiger partial charge is 0.326 e. The van der Waals surface area contributed by atoms with Crippen molar-refractivity contribution in [2.75, 3.05) is 0 Å². The normalized spacial score (nSPS) is 12.9. The molecule has 0 aliphatic heterocycles. The third-order valence-electron chi connectivity index (χ3n) is 2.62. The van der Waals surface area contributed by atoms with Gasteiger partial charge in [-0.15, -0.1) is 0 Å². The third-order valence-corrected chi connectivity index (χ3v) is 2.62. The van der Waals surface area contributed by atoms with Crippen molar-refractivity contribution in [1.29, 1.82) is 0 Å². The van der Waals surface area contributed by atoms with Gasteiger partial charge in [0.2, 0.25) is 0 Å². The van der Waals surface area contributed by atoms with Crippen molar-refractivity contribution in [3.8, 4) is 0 Å². The van der Waals surface area contributed by atoms with E-state index in [1.165, 1.54) is 0 Å². The van der Waals surface area contributed by atoms with Crippen LogP contribution in [0.5, 0.6) is 0 Å². The number of hydrogen-bond acceptors (Lipinski definition) is 3. The molecule has 1 atom stereocenters. The van der Waals surface area contributed by atoms with E-state index in [4.69, 9.17) is 10.8 Å². The molecular weight excluding hydrogens is 206 g/mol. The molecule has 0 bridgehead atoms. The van der Waals surface area contributed by atoms with Crippen LogP contribution in [0.4, 0.5) is 0 Å². The van der Waals surface area contributed by atoms with Gasteiger partial charge in [-0.2, -0.15) is 0 Å². The molecule has 0 fully saturated rings. The van der Waals surface area contributed by atoms with Crippen LogP contribution in [0.25, 0.3) is 5.65 Å². The molecule has 0 spiro atoms. The fraction of sp³-hybridized carbons (Fsp3) is 0.273. The van der Waals surface area contributed by atoms with Crippen LogP contribution in [0.1, 0.15) is 23.0 Å². The molecule has 1 unspecified atom stereocenters. The Balaban J connectivity index is 2.64. The highest BCUT2D eigenvalue weighted by molar-refractivity contribution is 5.75. The van der Waals surface area contributed by atoms with Crippen LogP contribution in [0.2, 0.25) is 0 Å². The maximum atomic E-state index is 10.8. The average molecular weight is 219 g/mol. The molecule has 16 heavy (non-hydrogen) atoms. The van der Waals surface area contributed by atoms with Crippen LogP contribution in [-0.2, 0) is 4.79 Å². The second-order valence-electron chi connectivity index (χ2n) is 3.83. The molecule has 0 aliphatic carbocycles. The fourth-order valence-corrected chi connectivity index (χ4v) is 1.70. The lowest BCUT2D eigenvalue weighted by Crippen LogP contribution is -2.21. The summed E-state index contributed by atoms with van der Waals surface area (Å²) < 4.78 is 1.84. The lowest BCUT2D eigenvalue weighted by Gasteiger charge is -2.03. The maximum absolute atomic E-state index is 10.8. The summed E-state index contributed by atoms with van der Waals surface area (Å²) in [5, 5.41) is 8.87. The van der Waals surface area contributed by atoms with Crippen molar-refractivity contribution in [3.63, 3.8) is 0 Å². The van der Waals surface area contributed by atoms with Gasteiger partial charge in [0.05, 0.1) is 5.69 Å². The molecule has 2 aromatic heterocycles. The van der Waals surface area contributed by atoms with Crippen molar-refractivity contribution in [2.45, 2.75) is 19.9 Å². The standard InChI is InChI=1S/C11H13N3O2/c1-6-3-4-14-7(2)10(9(12)11(15)16)13-8(14)5-6/h3-5,9H,12H2,1-2H3,(H,15,16). The van der Waals surface area contributed by atoms with Crippen LogP contribution >= 0.6 is 0 Å². The average Bonchev–Trinajstić information content (AvgIpc) is 2.54. The summed E-state index contributed by atoms with van der Waals surface area (Å²) in [5.41, 5.74) is 8.55. The van der Waals surface area contributed by atoms with Crippen LogP contribution < -0.4 is 5.73 Å². The summed E-state index contributed by atoms with van der Waals surface area (Å²) in [6.07, 6.45) is 1.87. The zero-order valence-corrected chi connectivity index (χ0v) is 9.14. The lowest BCUT2D eigenvalue weighted by molar-refractivity contribution is -0.138. The number of aryl methyl sites for hydroxylation is 2. The predicted octanol–water partition coefficient (Wildman–Crippen LogP) is 1.04. The molecule has 0 saturated carbocycles. The second-order valence-corrected chi connectivity index (χ2v) is 3.83. The molecule has 5 nitrogen and oxygen atoms in total. The summed E-state index contributed by atoms with van der Waals surface area (Å²) >= 11 is 0. The van der Waals surface area contributed by atoms with Crippen molar-refractivity contribution < 1.29 is 9.90 Å². The van der Waals surface area contributed by atoms with Gasteiger partial charge in [-0.25, -0.2) is 4.98 Å². The lowest BCUT2D eigenvalue weighted by atomic mass is 10.2. The minimum absolute atomic E-state index is 0.415. The molecule has 0 amide bonds. The molecule has 0 aromatic carbocycles. The van der Waals surface area contributed by atoms with Gasteiger partial charge < -0.3 is 15.2 Å². The van der Waals surface area contributed by atoms with E-state index < -0.39 is 12.0 Å². The maximum Gasteiger partial charge on any atom is 0.326 e. The highest BCUT2D eigenvalue weighted by atomic mass is 16.4. The SMILES string of the molecule is Cc1ccn2c(C)c(C(N)C(=O)O)nc2c1. The van der Waals surface area contributed by atoms with E-state index in [0.29, 0.717) is 5.69 Å². The van der Waals surface area contributed by atoms with Gasteiger partial charge in [-0.3, -0.25) is 4.79 Å². The Morgan fingerprint density at radius 1 is 1.56 bits per heavy atom. The van der Waals surface area contributed by atoms with Crippen LogP contribution in [0.3, 0.4) is 0 Å². The number of hydrogen-bond donors (Lipinski definition) is 2. The number of fused-ring (bicyclic) bond motifs is 1. The molecule has 3 N–H and O–H groups in total. The monoisotopic (exact) mass is 219 g/mol. The van der Waals surface area contributed by atoms with Crippen LogP contribution in [0, 0.1) is 13.8 Å². The zero-order chi connectivity index (χ0) is 11.9. The third kappa shape index (κ3) is 1.55. The number of aromatic nitrogens is 2. The van der Waals surface area contributed by atoms with Gasteiger partial charge >= 0.3 is 5.97 Å². The summed E-state index contributed by atoms with van der Waals surface area (Å²) in [4.78, 5) is 15.1. The Kier molecular flexibility index (Phi) is 2.40. The Hall–Kier alpha value is -1.88. The first-order chi connectivity index (χ1) is 7.50. The number of rotatable bonds is 2. The molecule has 0 aliphatic rings. The minimum atomic E-state index is -1.07. The van der Waals surface area contributed by atoms with E-state index >= 15 is 0 Å². The Morgan fingerprint density at radius 2 is 2.25 bits per heavy atom. The number of carboxylic acids is 1. The molecule has 2 rings (SSSR count). The Bertz CT molecular complexity index is 560. The van der Waals surface area contributed by atoms with Gasteiger partial charge in [0.15, 0.2) is 0 Å². The van der Waals surface area contributed by atoms with Gasteiger partial charge in [-0.05, 0) is 31.5 Å². The summed E-state index contributed by atoms with van der Waals surface area (Å²) in [6, 6.07) is 2.77. The molecule has 2 aromatic rings. The number of carbonyl (C=O) groups is 1. The quantitative estimate of drug-likeness (QED) is 0.790. The number of aliphatic carboxylic acids is 1. The Morgan fingerprint density at radius 3 is 2.88 bits per heavy atom. The molecule has 84 valence electrons. The van der Waals surface area contributed by atoms with Crippen molar-refractivity contribution in [2.24, 2.45) is 5.73 Å². The first kappa shape index (κ1) is 10.6. The Labute approximate surface area is 92.5 Å². The zero-order valence-electron chi connectivity index (χ0n) is 9.14. The van der Waals surface area contributed by atoms with Gasteiger partial charge in [0, 0.05) is 11.9 Å². The second kappa shape index (κ2) is 3.61. The predicted molar refractivity (Wildman–Crippen MR) is 59.2 cm³/mol. The fourth-order valence-electron chi connectivity index (χ4n) is 1.70. The first-order valence-electron chi connectivity index (χ1n) is 4.94. The molecule has 0 radical (unpaired) electrons. The van der Waals surface area contributed by atoms with Gasteiger partial charge in [0.1, 0.15) is 11.7 Å². The molecule has 2 heterocycles. The van der Waals surface area contributed by atoms with E-state index in [2.05, 4.69) is 4.98 Å². The summed E-state index contributed by atoms with van der Waals surface area (Å²) in [5.74, 6) is -1.07. The van der Waals surface area contributed by atoms with Gasteiger partial charge in [0.25, 0.3) is 0 Å². The summed E-state index contributed by atoms with van der Waals surface area (Å²) in [7, 11) is 0. The number of nitrogens with zero attached hydrogens (tertiary/aromatic N) is 2. The van der Waals surface area contributed by atoms with Crippen molar-refractivity contribution in [3.05, 3.63) is 35.3 Å². The van der Waals surface area contributed by atoms with E-state index in [1.807, 2.05) is 36.6 Å². The largest absolute Gasteiger partial charge is 0.480 e.